The third-order valence-electron chi connectivity index (χ3n) is 2.83. The second-order valence-electron chi connectivity index (χ2n) is 4.19. The van der Waals surface area contributed by atoms with E-state index in [2.05, 4.69) is 21.2 Å². The van der Waals surface area contributed by atoms with Crippen molar-refractivity contribution in [2.45, 2.75) is 26.4 Å². The number of hydrogen-bond donors (Lipinski definition) is 1. The van der Waals surface area contributed by atoms with Gasteiger partial charge in [0.1, 0.15) is 0 Å². The second-order valence-corrected chi connectivity index (χ2v) is 5.48. The average Bonchev–Trinajstić information content (AvgIpc) is 2.35. The molecule has 0 bridgehead atoms. The average molecular weight is 334 g/mol. The monoisotopic (exact) mass is 332 g/mol. The Bertz CT molecular complexity index is 425. The lowest BCUT2D eigenvalue weighted by Gasteiger charge is -2.20. The van der Waals surface area contributed by atoms with Crippen LogP contribution in [0.3, 0.4) is 0 Å². The van der Waals surface area contributed by atoms with E-state index >= 15 is 0 Å². The molecule has 100 valence electrons. The molecule has 1 amide bonds. The highest BCUT2D eigenvalue weighted by atomic mass is 79.9. The summed E-state index contributed by atoms with van der Waals surface area (Å²) in [6.45, 7) is 5.18. The van der Waals surface area contributed by atoms with E-state index in [0.29, 0.717) is 11.6 Å². The van der Waals surface area contributed by atoms with Crippen LogP contribution in [0.5, 0.6) is 0 Å². The van der Waals surface area contributed by atoms with Crippen molar-refractivity contribution in [1.82, 2.24) is 10.2 Å². The van der Waals surface area contributed by atoms with Crippen LogP contribution in [-0.2, 0) is 11.3 Å². The third kappa shape index (κ3) is 4.26. The van der Waals surface area contributed by atoms with E-state index in [1.165, 1.54) is 0 Å². The highest BCUT2D eigenvalue weighted by Gasteiger charge is 2.15. The largest absolute Gasteiger partial charge is 0.345 e. The summed E-state index contributed by atoms with van der Waals surface area (Å²) in [6.07, 6.45) is 0. The predicted molar refractivity (Wildman–Crippen MR) is 78.8 cm³/mol. The first kappa shape index (κ1) is 15.5. The molecule has 3 nitrogen and oxygen atoms in total. The highest BCUT2D eigenvalue weighted by molar-refractivity contribution is 9.10. The summed E-state index contributed by atoms with van der Waals surface area (Å²) in [5.41, 5.74) is 1.08. The minimum absolute atomic E-state index is 0.0996. The summed E-state index contributed by atoms with van der Waals surface area (Å²) >= 11 is 9.34. The van der Waals surface area contributed by atoms with Crippen molar-refractivity contribution in [2.75, 3.05) is 13.6 Å². The van der Waals surface area contributed by atoms with E-state index in [1.807, 2.05) is 32.0 Å². The van der Waals surface area contributed by atoms with Crippen molar-refractivity contribution in [2.24, 2.45) is 0 Å². The SMILES string of the molecule is CCN(C)C(=O)C(C)NCc1ccc(Cl)cc1Br. The molecule has 18 heavy (non-hydrogen) atoms. The smallest absolute Gasteiger partial charge is 0.239 e. The molecule has 0 spiro atoms. The lowest BCUT2D eigenvalue weighted by Crippen LogP contribution is -2.42. The van der Waals surface area contributed by atoms with Crippen LogP contribution in [0.1, 0.15) is 19.4 Å². The number of nitrogens with one attached hydrogen (secondary N) is 1. The summed E-state index contributed by atoms with van der Waals surface area (Å²) in [7, 11) is 1.80. The van der Waals surface area contributed by atoms with Crippen LogP contribution in [0.4, 0.5) is 0 Å². The van der Waals surface area contributed by atoms with Crippen LogP contribution in [0.15, 0.2) is 22.7 Å². The molecule has 0 heterocycles. The lowest BCUT2D eigenvalue weighted by molar-refractivity contribution is -0.131. The molecule has 0 radical (unpaired) electrons. The molecule has 0 aliphatic heterocycles. The number of hydrogen-bond acceptors (Lipinski definition) is 2. The molecule has 1 aromatic carbocycles. The number of carbonyl (C=O) groups excluding carboxylic acids is 1. The van der Waals surface area contributed by atoms with Gasteiger partial charge in [-0.3, -0.25) is 4.79 Å². The highest BCUT2D eigenvalue weighted by Crippen LogP contribution is 2.21. The topological polar surface area (TPSA) is 32.3 Å². The van der Waals surface area contributed by atoms with Gasteiger partial charge in [0.05, 0.1) is 6.04 Å². The molecule has 1 rings (SSSR count). The van der Waals surface area contributed by atoms with Crippen LogP contribution in [0.2, 0.25) is 5.02 Å². The summed E-state index contributed by atoms with van der Waals surface area (Å²) in [6, 6.07) is 5.44. The maximum atomic E-state index is 11.9. The number of amides is 1. The van der Waals surface area contributed by atoms with Crippen LogP contribution in [-0.4, -0.2) is 30.4 Å². The Kier molecular flexibility index (Phi) is 6.12. The van der Waals surface area contributed by atoms with Crippen molar-refractivity contribution in [3.8, 4) is 0 Å². The maximum Gasteiger partial charge on any atom is 0.239 e. The number of benzene rings is 1. The molecular formula is C13H18BrClN2O. The Morgan fingerprint density at radius 2 is 2.22 bits per heavy atom. The maximum absolute atomic E-state index is 11.9. The van der Waals surface area contributed by atoms with Crippen LogP contribution >= 0.6 is 27.5 Å². The van der Waals surface area contributed by atoms with E-state index in [0.717, 1.165) is 16.6 Å². The third-order valence-corrected chi connectivity index (χ3v) is 3.81. The number of nitrogens with zero attached hydrogens (tertiary/aromatic N) is 1. The van der Waals surface area contributed by atoms with E-state index in [1.54, 1.807) is 11.9 Å². The molecule has 5 heteroatoms. The predicted octanol–water partition coefficient (Wildman–Crippen LogP) is 3.06. The first-order valence-corrected chi connectivity index (χ1v) is 7.05. The molecule has 1 atom stereocenters. The Morgan fingerprint density at radius 1 is 1.56 bits per heavy atom. The Labute approximate surface area is 122 Å². The fourth-order valence-electron chi connectivity index (χ4n) is 1.50. The van der Waals surface area contributed by atoms with Gasteiger partial charge in [0, 0.05) is 29.6 Å². The summed E-state index contributed by atoms with van der Waals surface area (Å²) in [4.78, 5) is 13.6. The fraction of sp³-hybridized carbons (Fsp3) is 0.462. The molecule has 1 unspecified atom stereocenters. The van der Waals surface area contributed by atoms with Crippen LogP contribution in [0.25, 0.3) is 0 Å². The quantitative estimate of drug-likeness (QED) is 0.898. The van der Waals surface area contributed by atoms with Crippen LogP contribution in [0, 0.1) is 0 Å². The van der Waals surface area contributed by atoms with Gasteiger partial charge >= 0.3 is 0 Å². The van der Waals surface area contributed by atoms with E-state index in [4.69, 9.17) is 11.6 Å². The van der Waals surface area contributed by atoms with Crippen molar-refractivity contribution in [3.63, 3.8) is 0 Å². The first-order chi connectivity index (χ1) is 8.45. The minimum Gasteiger partial charge on any atom is -0.345 e. The Balaban J connectivity index is 2.57. The van der Waals surface area contributed by atoms with Gasteiger partial charge in [0.2, 0.25) is 5.91 Å². The zero-order chi connectivity index (χ0) is 13.7. The minimum atomic E-state index is -0.197. The number of likely N-dealkylation sites (N-methyl/N-ethyl adjacent to an activating group) is 1. The second kappa shape index (κ2) is 7.12. The molecule has 0 aliphatic carbocycles. The van der Waals surface area contributed by atoms with Gasteiger partial charge in [-0.25, -0.2) is 0 Å². The van der Waals surface area contributed by atoms with Crippen LogP contribution < -0.4 is 5.32 Å². The Hall–Kier alpha value is -0.580. The van der Waals surface area contributed by atoms with Gasteiger partial charge in [-0.1, -0.05) is 33.6 Å². The molecule has 0 saturated carbocycles. The van der Waals surface area contributed by atoms with Crippen molar-refractivity contribution in [1.29, 1.82) is 0 Å². The van der Waals surface area contributed by atoms with E-state index in [9.17, 15) is 4.79 Å². The van der Waals surface area contributed by atoms with Gasteiger partial charge in [-0.15, -0.1) is 0 Å². The van der Waals surface area contributed by atoms with Gasteiger partial charge in [-0.2, -0.15) is 0 Å². The number of carbonyl (C=O) groups is 1. The van der Waals surface area contributed by atoms with Crippen molar-refractivity contribution >= 4 is 33.4 Å². The first-order valence-electron chi connectivity index (χ1n) is 5.88. The summed E-state index contributed by atoms with van der Waals surface area (Å²) < 4.78 is 0.950. The summed E-state index contributed by atoms with van der Waals surface area (Å²) in [5, 5.41) is 3.90. The molecule has 1 aromatic rings. The normalized spacial score (nSPS) is 12.3. The van der Waals surface area contributed by atoms with Gasteiger partial charge in [0.25, 0.3) is 0 Å². The lowest BCUT2D eigenvalue weighted by atomic mass is 10.2. The van der Waals surface area contributed by atoms with Gasteiger partial charge in [0.15, 0.2) is 0 Å². The molecule has 0 aromatic heterocycles. The number of rotatable bonds is 5. The zero-order valence-electron chi connectivity index (χ0n) is 10.8. The molecule has 0 fully saturated rings. The van der Waals surface area contributed by atoms with Crippen molar-refractivity contribution in [3.05, 3.63) is 33.3 Å². The standard InChI is InChI=1S/C13H18BrClN2O/c1-4-17(3)13(18)9(2)16-8-10-5-6-11(15)7-12(10)14/h5-7,9,16H,4,8H2,1-3H3. The fourth-order valence-corrected chi connectivity index (χ4v) is 2.32. The zero-order valence-corrected chi connectivity index (χ0v) is 13.2. The molecule has 0 aliphatic rings. The van der Waals surface area contributed by atoms with Gasteiger partial charge < -0.3 is 10.2 Å². The number of halogens is 2. The van der Waals surface area contributed by atoms with E-state index < -0.39 is 0 Å². The summed E-state index contributed by atoms with van der Waals surface area (Å²) in [5.74, 6) is 0.0996. The van der Waals surface area contributed by atoms with E-state index in [-0.39, 0.29) is 11.9 Å². The molecule has 0 saturated heterocycles. The molecule has 1 N–H and O–H groups in total. The Morgan fingerprint density at radius 3 is 2.78 bits per heavy atom. The van der Waals surface area contributed by atoms with Gasteiger partial charge in [-0.05, 0) is 31.5 Å². The van der Waals surface area contributed by atoms with Crippen molar-refractivity contribution < 1.29 is 4.79 Å². The molecular weight excluding hydrogens is 316 g/mol.